The van der Waals surface area contributed by atoms with Crippen LogP contribution in [0.1, 0.15) is 18.9 Å². The Morgan fingerprint density at radius 3 is 2.92 bits per heavy atom. The highest BCUT2D eigenvalue weighted by molar-refractivity contribution is 7.80. The second-order valence-corrected chi connectivity index (χ2v) is 3.82. The van der Waals surface area contributed by atoms with Gasteiger partial charge in [-0.2, -0.15) is 0 Å². The zero-order chi connectivity index (χ0) is 9.26. The number of anilines is 1. The molecule has 68 valence electrons. The van der Waals surface area contributed by atoms with E-state index in [9.17, 15) is 0 Å². The molecule has 1 aliphatic heterocycles. The second-order valence-electron chi connectivity index (χ2n) is 3.35. The normalized spacial score (nSPS) is 14.8. The topological polar surface area (TPSA) is 3.24 Å². The molecular formula is C11H13NS. The maximum atomic E-state index is 5.34. The molecule has 2 rings (SSSR count). The lowest BCUT2D eigenvalue weighted by atomic mass is 10.2. The highest BCUT2D eigenvalue weighted by Gasteiger charge is 2.21. The maximum absolute atomic E-state index is 5.34. The van der Waals surface area contributed by atoms with Crippen LogP contribution in [-0.4, -0.2) is 11.5 Å². The van der Waals surface area contributed by atoms with E-state index in [0.717, 1.165) is 24.4 Å². The highest BCUT2D eigenvalue weighted by Crippen LogP contribution is 2.28. The van der Waals surface area contributed by atoms with Gasteiger partial charge in [0.1, 0.15) is 0 Å². The van der Waals surface area contributed by atoms with Crippen molar-refractivity contribution in [2.75, 3.05) is 11.4 Å². The average molecular weight is 191 g/mol. The number of benzene rings is 1. The molecular weight excluding hydrogens is 178 g/mol. The largest absolute Gasteiger partial charge is 0.336 e. The Labute approximate surface area is 84.4 Å². The molecule has 0 bridgehead atoms. The number of hydrogen-bond donors (Lipinski definition) is 0. The van der Waals surface area contributed by atoms with Gasteiger partial charge in [-0.3, -0.25) is 0 Å². The van der Waals surface area contributed by atoms with E-state index >= 15 is 0 Å². The molecule has 0 amide bonds. The fourth-order valence-corrected chi connectivity index (χ4v) is 2.13. The third-order valence-corrected chi connectivity index (χ3v) is 2.74. The minimum absolute atomic E-state index is 0.950. The summed E-state index contributed by atoms with van der Waals surface area (Å²) in [4.78, 5) is 3.33. The third kappa shape index (κ3) is 1.46. The quantitative estimate of drug-likeness (QED) is 0.661. The summed E-state index contributed by atoms with van der Waals surface area (Å²) in [5, 5.41) is 0. The van der Waals surface area contributed by atoms with Crippen molar-refractivity contribution in [1.82, 2.24) is 0 Å². The van der Waals surface area contributed by atoms with Crippen molar-refractivity contribution < 1.29 is 0 Å². The molecule has 0 N–H and O–H groups in total. The van der Waals surface area contributed by atoms with Crippen LogP contribution < -0.4 is 4.90 Å². The minimum atomic E-state index is 0.950. The van der Waals surface area contributed by atoms with Gasteiger partial charge in [-0.05, 0) is 18.1 Å². The Kier molecular flexibility index (Phi) is 2.32. The first-order valence-electron chi connectivity index (χ1n) is 4.71. The van der Waals surface area contributed by atoms with Crippen molar-refractivity contribution in [3.05, 3.63) is 29.8 Å². The summed E-state index contributed by atoms with van der Waals surface area (Å²) in [5.74, 6) is 0. The first-order valence-corrected chi connectivity index (χ1v) is 5.12. The summed E-state index contributed by atoms with van der Waals surface area (Å²) < 4.78 is 0. The van der Waals surface area contributed by atoms with Crippen LogP contribution in [0.4, 0.5) is 5.69 Å². The SMILES string of the molecule is CCCN1C(=S)Cc2ccccc21. The minimum Gasteiger partial charge on any atom is -0.336 e. The van der Waals surface area contributed by atoms with Crippen LogP contribution in [0.25, 0.3) is 0 Å². The molecule has 0 spiro atoms. The first-order chi connectivity index (χ1) is 6.33. The van der Waals surface area contributed by atoms with Crippen LogP contribution in [0.5, 0.6) is 0 Å². The van der Waals surface area contributed by atoms with Crippen molar-refractivity contribution in [1.29, 1.82) is 0 Å². The lowest BCUT2D eigenvalue weighted by Crippen LogP contribution is -2.25. The van der Waals surface area contributed by atoms with E-state index in [1.807, 2.05) is 0 Å². The van der Waals surface area contributed by atoms with Gasteiger partial charge in [0.2, 0.25) is 0 Å². The Hall–Kier alpha value is -0.890. The molecule has 0 saturated heterocycles. The van der Waals surface area contributed by atoms with Gasteiger partial charge >= 0.3 is 0 Å². The third-order valence-electron chi connectivity index (χ3n) is 2.37. The molecule has 1 heterocycles. The predicted octanol–water partition coefficient (Wildman–Crippen LogP) is 2.79. The molecule has 1 aliphatic rings. The molecule has 0 saturated carbocycles. The van der Waals surface area contributed by atoms with Crippen LogP contribution in [0.15, 0.2) is 24.3 Å². The number of hydrogen-bond acceptors (Lipinski definition) is 1. The van der Waals surface area contributed by atoms with Crippen molar-refractivity contribution in [3.63, 3.8) is 0 Å². The summed E-state index contributed by atoms with van der Waals surface area (Å²) >= 11 is 5.34. The van der Waals surface area contributed by atoms with Gasteiger partial charge in [-0.1, -0.05) is 37.3 Å². The molecule has 0 fully saturated rings. The van der Waals surface area contributed by atoms with Gasteiger partial charge in [0.05, 0.1) is 4.99 Å². The van der Waals surface area contributed by atoms with Crippen LogP contribution in [0.3, 0.4) is 0 Å². The van der Waals surface area contributed by atoms with Crippen molar-refractivity contribution >= 4 is 22.9 Å². The summed E-state index contributed by atoms with van der Waals surface area (Å²) in [6.07, 6.45) is 2.10. The van der Waals surface area contributed by atoms with Gasteiger partial charge in [-0.25, -0.2) is 0 Å². The van der Waals surface area contributed by atoms with Gasteiger partial charge < -0.3 is 4.90 Å². The molecule has 13 heavy (non-hydrogen) atoms. The standard InChI is InChI=1S/C11H13NS/c1-2-7-12-10-6-4-3-5-9(10)8-11(12)13/h3-6H,2,7-8H2,1H3. The zero-order valence-corrected chi connectivity index (χ0v) is 8.60. The number of nitrogens with zero attached hydrogens (tertiary/aromatic N) is 1. The Morgan fingerprint density at radius 1 is 1.38 bits per heavy atom. The van der Waals surface area contributed by atoms with Crippen LogP contribution in [-0.2, 0) is 6.42 Å². The van der Waals surface area contributed by atoms with E-state index in [0.29, 0.717) is 0 Å². The van der Waals surface area contributed by atoms with Gasteiger partial charge in [0.15, 0.2) is 0 Å². The van der Waals surface area contributed by atoms with Gasteiger partial charge in [0.25, 0.3) is 0 Å². The number of para-hydroxylation sites is 1. The number of thiocarbonyl (C=S) groups is 1. The van der Waals surface area contributed by atoms with Gasteiger partial charge in [0, 0.05) is 18.7 Å². The Balaban J connectivity index is 2.35. The van der Waals surface area contributed by atoms with E-state index in [1.54, 1.807) is 0 Å². The molecule has 0 radical (unpaired) electrons. The predicted molar refractivity (Wildman–Crippen MR) is 60.4 cm³/mol. The monoisotopic (exact) mass is 191 g/mol. The summed E-state index contributed by atoms with van der Waals surface area (Å²) in [6.45, 7) is 3.24. The summed E-state index contributed by atoms with van der Waals surface area (Å²) in [7, 11) is 0. The first kappa shape index (κ1) is 8.70. The Morgan fingerprint density at radius 2 is 2.15 bits per heavy atom. The molecule has 0 unspecified atom stereocenters. The van der Waals surface area contributed by atoms with E-state index in [4.69, 9.17) is 12.2 Å². The van der Waals surface area contributed by atoms with E-state index in [-0.39, 0.29) is 0 Å². The van der Waals surface area contributed by atoms with Crippen LogP contribution in [0.2, 0.25) is 0 Å². The molecule has 0 atom stereocenters. The van der Waals surface area contributed by atoms with E-state index in [2.05, 4.69) is 36.1 Å². The van der Waals surface area contributed by atoms with Crippen molar-refractivity contribution in [3.8, 4) is 0 Å². The van der Waals surface area contributed by atoms with Crippen LogP contribution >= 0.6 is 12.2 Å². The van der Waals surface area contributed by atoms with Crippen LogP contribution in [0, 0.1) is 0 Å². The zero-order valence-electron chi connectivity index (χ0n) is 7.79. The molecule has 1 nitrogen and oxygen atoms in total. The summed E-state index contributed by atoms with van der Waals surface area (Å²) in [5.41, 5.74) is 2.69. The van der Waals surface area contributed by atoms with Crippen molar-refractivity contribution in [2.45, 2.75) is 19.8 Å². The average Bonchev–Trinajstić information content (AvgIpc) is 2.44. The fourth-order valence-electron chi connectivity index (χ4n) is 1.79. The van der Waals surface area contributed by atoms with E-state index in [1.165, 1.54) is 11.3 Å². The number of rotatable bonds is 2. The lowest BCUT2D eigenvalue weighted by molar-refractivity contribution is 0.914. The van der Waals surface area contributed by atoms with Gasteiger partial charge in [-0.15, -0.1) is 0 Å². The Bertz CT molecular complexity index is 333. The molecule has 2 heteroatoms. The fraction of sp³-hybridized carbons (Fsp3) is 0.364. The van der Waals surface area contributed by atoms with Crippen molar-refractivity contribution in [2.24, 2.45) is 0 Å². The molecule has 0 aliphatic carbocycles. The number of fused-ring (bicyclic) bond motifs is 1. The molecule has 1 aromatic rings. The summed E-state index contributed by atoms with van der Waals surface area (Å²) in [6, 6.07) is 8.48. The molecule has 1 aromatic carbocycles. The highest BCUT2D eigenvalue weighted by atomic mass is 32.1. The smallest absolute Gasteiger partial charge is 0.0868 e. The van der Waals surface area contributed by atoms with E-state index < -0.39 is 0 Å². The maximum Gasteiger partial charge on any atom is 0.0868 e. The molecule has 0 aromatic heterocycles. The lowest BCUT2D eigenvalue weighted by Gasteiger charge is -2.18. The second kappa shape index (κ2) is 3.46.